The summed E-state index contributed by atoms with van der Waals surface area (Å²) in [6, 6.07) is 19.0. The summed E-state index contributed by atoms with van der Waals surface area (Å²) in [6.45, 7) is 4.69. The van der Waals surface area contributed by atoms with E-state index in [-0.39, 0.29) is 5.91 Å². The Bertz CT molecular complexity index is 890. The van der Waals surface area contributed by atoms with E-state index < -0.39 is 0 Å². The Morgan fingerprint density at radius 3 is 2.30 bits per heavy atom. The van der Waals surface area contributed by atoms with Crippen LogP contribution in [0.15, 0.2) is 66.9 Å². The van der Waals surface area contributed by atoms with Crippen molar-refractivity contribution in [2.24, 2.45) is 0 Å². The molecule has 0 aliphatic carbocycles. The van der Waals surface area contributed by atoms with Crippen LogP contribution in [0.2, 0.25) is 0 Å². The fraction of sp³-hybridized carbons (Fsp3) is 0.182. The molecule has 0 fully saturated rings. The quantitative estimate of drug-likeness (QED) is 0.619. The van der Waals surface area contributed by atoms with Gasteiger partial charge in [0.15, 0.2) is 0 Å². The first-order valence-corrected chi connectivity index (χ1v) is 9.04. The second kappa shape index (κ2) is 8.85. The van der Waals surface area contributed by atoms with Crippen molar-refractivity contribution in [2.45, 2.75) is 20.3 Å². The smallest absolute Gasteiger partial charge is 0.274 e. The molecule has 5 heteroatoms. The standard InChI is InChI=1S/C22H23N3O2/c1-3-16-5-7-18(8-6-16)25-22(26)21-15-19(13-14-23-21)24-17-9-11-20(12-10-17)27-4-2/h5-15H,3-4H2,1-2H3,(H,23,24)(H,25,26). The maximum atomic E-state index is 12.5. The summed E-state index contributed by atoms with van der Waals surface area (Å²) in [6.07, 6.45) is 2.58. The lowest BCUT2D eigenvalue weighted by Crippen LogP contribution is -2.13. The Hall–Kier alpha value is -3.34. The molecule has 0 radical (unpaired) electrons. The highest BCUT2D eigenvalue weighted by molar-refractivity contribution is 6.03. The Morgan fingerprint density at radius 1 is 0.926 bits per heavy atom. The summed E-state index contributed by atoms with van der Waals surface area (Å²) in [7, 11) is 0. The van der Waals surface area contributed by atoms with Gasteiger partial charge in [0.05, 0.1) is 6.61 Å². The molecule has 0 saturated heterocycles. The van der Waals surface area contributed by atoms with E-state index >= 15 is 0 Å². The van der Waals surface area contributed by atoms with Gasteiger partial charge in [-0.05, 0) is 67.4 Å². The molecule has 0 bridgehead atoms. The molecule has 0 unspecified atom stereocenters. The zero-order chi connectivity index (χ0) is 19.1. The van der Waals surface area contributed by atoms with Crippen LogP contribution in [0, 0.1) is 0 Å². The van der Waals surface area contributed by atoms with Gasteiger partial charge in [0, 0.05) is 23.3 Å². The molecule has 0 saturated carbocycles. The molecule has 5 nitrogen and oxygen atoms in total. The molecule has 0 aliphatic rings. The number of anilines is 3. The van der Waals surface area contributed by atoms with Crippen molar-refractivity contribution in [1.29, 1.82) is 0 Å². The van der Waals surface area contributed by atoms with E-state index in [0.717, 1.165) is 29.2 Å². The van der Waals surface area contributed by atoms with E-state index in [1.54, 1.807) is 12.3 Å². The molecular weight excluding hydrogens is 338 g/mol. The molecule has 0 aliphatic heterocycles. The lowest BCUT2D eigenvalue weighted by molar-refractivity contribution is 0.102. The van der Waals surface area contributed by atoms with Crippen LogP contribution < -0.4 is 15.4 Å². The third-order valence-electron chi connectivity index (χ3n) is 4.07. The minimum absolute atomic E-state index is 0.241. The van der Waals surface area contributed by atoms with Gasteiger partial charge >= 0.3 is 0 Å². The van der Waals surface area contributed by atoms with Crippen LogP contribution in [-0.2, 0) is 6.42 Å². The van der Waals surface area contributed by atoms with Gasteiger partial charge in [-0.2, -0.15) is 0 Å². The maximum absolute atomic E-state index is 12.5. The molecule has 0 atom stereocenters. The zero-order valence-corrected chi connectivity index (χ0v) is 15.5. The normalized spacial score (nSPS) is 10.3. The fourth-order valence-corrected chi connectivity index (χ4v) is 2.62. The molecule has 27 heavy (non-hydrogen) atoms. The van der Waals surface area contributed by atoms with E-state index in [4.69, 9.17) is 4.74 Å². The number of amides is 1. The van der Waals surface area contributed by atoms with Gasteiger partial charge in [-0.3, -0.25) is 9.78 Å². The van der Waals surface area contributed by atoms with Crippen molar-refractivity contribution < 1.29 is 9.53 Å². The molecule has 138 valence electrons. The number of aromatic nitrogens is 1. The van der Waals surface area contributed by atoms with Crippen LogP contribution in [0.5, 0.6) is 5.75 Å². The van der Waals surface area contributed by atoms with Crippen molar-refractivity contribution in [1.82, 2.24) is 4.98 Å². The second-order valence-electron chi connectivity index (χ2n) is 6.02. The molecule has 0 spiro atoms. The van der Waals surface area contributed by atoms with Crippen LogP contribution in [0.4, 0.5) is 17.1 Å². The third-order valence-corrected chi connectivity index (χ3v) is 4.07. The zero-order valence-electron chi connectivity index (χ0n) is 15.5. The minimum Gasteiger partial charge on any atom is -0.494 e. The Balaban J connectivity index is 1.67. The average Bonchev–Trinajstić information content (AvgIpc) is 2.70. The Morgan fingerprint density at radius 2 is 1.63 bits per heavy atom. The number of nitrogens with one attached hydrogen (secondary N) is 2. The molecule has 3 rings (SSSR count). The Kier molecular flexibility index (Phi) is 6.05. The van der Waals surface area contributed by atoms with Crippen LogP contribution in [0.25, 0.3) is 0 Å². The fourth-order valence-electron chi connectivity index (χ4n) is 2.62. The van der Waals surface area contributed by atoms with Crippen molar-refractivity contribution in [2.75, 3.05) is 17.2 Å². The first-order chi connectivity index (χ1) is 13.2. The second-order valence-corrected chi connectivity index (χ2v) is 6.02. The summed E-state index contributed by atoms with van der Waals surface area (Å²) < 4.78 is 5.44. The van der Waals surface area contributed by atoms with Crippen molar-refractivity contribution in [3.63, 3.8) is 0 Å². The molecule has 1 aromatic heterocycles. The van der Waals surface area contributed by atoms with Gasteiger partial charge in [0.2, 0.25) is 0 Å². The average molecular weight is 361 g/mol. The number of carbonyl (C=O) groups is 1. The number of hydrogen-bond acceptors (Lipinski definition) is 4. The molecule has 2 N–H and O–H groups in total. The number of pyridine rings is 1. The van der Waals surface area contributed by atoms with Crippen LogP contribution >= 0.6 is 0 Å². The molecular formula is C22H23N3O2. The summed E-state index contributed by atoms with van der Waals surface area (Å²) in [5.41, 5.74) is 4.04. The summed E-state index contributed by atoms with van der Waals surface area (Å²) >= 11 is 0. The SMILES string of the molecule is CCOc1ccc(Nc2ccnc(C(=O)Nc3ccc(CC)cc3)c2)cc1. The molecule has 1 amide bonds. The summed E-state index contributed by atoms with van der Waals surface area (Å²) in [4.78, 5) is 16.6. The van der Waals surface area contributed by atoms with E-state index in [1.807, 2.05) is 61.5 Å². The highest BCUT2D eigenvalue weighted by Crippen LogP contribution is 2.20. The Labute approximate surface area is 159 Å². The van der Waals surface area contributed by atoms with Gasteiger partial charge in [-0.25, -0.2) is 0 Å². The highest BCUT2D eigenvalue weighted by Gasteiger charge is 2.09. The first kappa shape index (κ1) is 18.5. The predicted octanol–water partition coefficient (Wildman–Crippen LogP) is 5.04. The lowest BCUT2D eigenvalue weighted by Gasteiger charge is -2.10. The topological polar surface area (TPSA) is 63.2 Å². The summed E-state index contributed by atoms with van der Waals surface area (Å²) in [5, 5.41) is 6.15. The monoisotopic (exact) mass is 361 g/mol. The van der Waals surface area contributed by atoms with Gasteiger partial charge in [0.1, 0.15) is 11.4 Å². The van der Waals surface area contributed by atoms with Crippen molar-refractivity contribution in [3.8, 4) is 5.75 Å². The van der Waals surface area contributed by atoms with Gasteiger partial charge in [0.25, 0.3) is 5.91 Å². The number of aryl methyl sites for hydroxylation is 1. The van der Waals surface area contributed by atoms with Gasteiger partial charge < -0.3 is 15.4 Å². The number of carbonyl (C=O) groups excluding carboxylic acids is 1. The molecule has 1 heterocycles. The molecule has 3 aromatic rings. The summed E-state index contributed by atoms with van der Waals surface area (Å²) in [5.74, 6) is 0.585. The van der Waals surface area contributed by atoms with E-state index in [0.29, 0.717) is 12.3 Å². The van der Waals surface area contributed by atoms with Crippen molar-refractivity contribution >= 4 is 23.0 Å². The number of nitrogens with zero attached hydrogens (tertiary/aromatic N) is 1. The predicted molar refractivity (Wildman–Crippen MR) is 109 cm³/mol. The maximum Gasteiger partial charge on any atom is 0.274 e. The van der Waals surface area contributed by atoms with Crippen LogP contribution in [0.3, 0.4) is 0 Å². The highest BCUT2D eigenvalue weighted by atomic mass is 16.5. The van der Waals surface area contributed by atoms with Crippen LogP contribution in [0.1, 0.15) is 29.9 Å². The van der Waals surface area contributed by atoms with E-state index in [1.165, 1.54) is 5.56 Å². The largest absolute Gasteiger partial charge is 0.494 e. The van der Waals surface area contributed by atoms with Gasteiger partial charge in [-0.15, -0.1) is 0 Å². The number of rotatable bonds is 7. The lowest BCUT2D eigenvalue weighted by atomic mass is 10.1. The number of hydrogen-bond donors (Lipinski definition) is 2. The minimum atomic E-state index is -0.241. The van der Waals surface area contributed by atoms with E-state index in [2.05, 4.69) is 22.5 Å². The third kappa shape index (κ3) is 5.07. The first-order valence-electron chi connectivity index (χ1n) is 9.04. The molecule has 2 aromatic carbocycles. The number of ether oxygens (including phenoxy) is 1. The van der Waals surface area contributed by atoms with Gasteiger partial charge in [-0.1, -0.05) is 19.1 Å². The van der Waals surface area contributed by atoms with Crippen LogP contribution in [-0.4, -0.2) is 17.5 Å². The van der Waals surface area contributed by atoms with E-state index in [9.17, 15) is 4.79 Å². The van der Waals surface area contributed by atoms with Crippen molar-refractivity contribution in [3.05, 3.63) is 78.1 Å². The number of benzene rings is 2.